The quantitative estimate of drug-likeness (QED) is 0.219. The van der Waals surface area contributed by atoms with Gasteiger partial charge in [0, 0.05) is 12.1 Å². The molecule has 4 rings (SSSR count). The van der Waals surface area contributed by atoms with Crippen LogP contribution in [0.3, 0.4) is 0 Å². The van der Waals surface area contributed by atoms with E-state index in [2.05, 4.69) is 0 Å². The molecule has 35 heavy (non-hydrogen) atoms. The Morgan fingerprint density at radius 3 is 2.40 bits per heavy atom. The second-order valence-electron chi connectivity index (χ2n) is 7.78. The molecule has 3 aromatic rings. The lowest BCUT2D eigenvalue weighted by atomic mass is 10.2. The first-order chi connectivity index (χ1) is 16.9. The number of hydrogen-bond acceptors (Lipinski definition) is 7. The molecule has 2 amide bonds. The molecule has 9 heteroatoms. The first kappa shape index (κ1) is 24.0. The van der Waals surface area contributed by atoms with Crippen LogP contribution in [0.2, 0.25) is 0 Å². The van der Waals surface area contributed by atoms with Crippen molar-refractivity contribution in [2.24, 2.45) is 0 Å². The smallest absolute Gasteiger partial charge is 0.293 e. The summed E-state index contributed by atoms with van der Waals surface area (Å²) in [5.41, 5.74) is 2.59. The van der Waals surface area contributed by atoms with E-state index in [-0.39, 0.29) is 36.6 Å². The van der Waals surface area contributed by atoms with Crippen LogP contribution in [0, 0.1) is 17.0 Å². The summed E-state index contributed by atoms with van der Waals surface area (Å²) in [6.07, 6.45) is 1.66. The third-order valence-corrected chi connectivity index (χ3v) is 6.06. The zero-order chi connectivity index (χ0) is 24.8. The van der Waals surface area contributed by atoms with Crippen molar-refractivity contribution >= 4 is 34.7 Å². The molecule has 1 aliphatic rings. The van der Waals surface area contributed by atoms with Crippen LogP contribution in [0.25, 0.3) is 6.08 Å². The average Bonchev–Trinajstić information content (AvgIpc) is 3.10. The van der Waals surface area contributed by atoms with Gasteiger partial charge in [-0.05, 0) is 77.9 Å². The monoisotopic (exact) mass is 490 g/mol. The number of rotatable bonds is 9. The molecule has 1 saturated heterocycles. The number of nitro groups is 1. The number of imide groups is 1. The van der Waals surface area contributed by atoms with E-state index in [1.54, 1.807) is 36.4 Å². The van der Waals surface area contributed by atoms with E-state index in [4.69, 9.17) is 9.47 Å². The summed E-state index contributed by atoms with van der Waals surface area (Å²) in [5, 5.41) is 10.4. The number of ether oxygens (including phenoxy) is 2. The first-order valence-electron chi connectivity index (χ1n) is 10.8. The van der Waals surface area contributed by atoms with Gasteiger partial charge in [-0.1, -0.05) is 24.3 Å². The minimum atomic E-state index is -0.451. The molecule has 0 unspecified atom stereocenters. The Bertz CT molecular complexity index is 1290. The maximum Gasteiger partial charge on any atom is 0.293 e. The summed E-state index contributed by atoms with van der Waals surface area (Å²) in [7, 11) is 0. The highest BCUT2D eigenvalue weighted by Crippen LogP contribution is 2.32. The van der Waals surface area contributed by atoms with Crippen molar-refractivity contribution in [1.82, 2.24) is 4.90 Å². The van der Waals surface area contributed by atoms with Crippen LogP contribution < -0.4 is 9.47 Å². The fourth-order valence-corrected chi connectivity index (χ4v) is 4.24. The summed E-state index contributed by atoms with van der Waals surface area (Å²) in [5.74, 6) is 0.908. The Hall–Kier alpha value is -4.11. The molecular weight excluding hydrogens is 468 g/mol. The molecular formula is C26H22N2O6S. The van der Waals surface area contributed by atoms with E-state index in [0.29, 0.717) is 22.0 Å². The van der Waals surface area contributed by atoms with Gasteiger partial charge in [-0.15, -0.1) is 0 Å². The van der Waals surface area contributed by atoms with E-state index in [9.17, 15) is 19.7 Å². The molecule has 1 heterocycles. The largest absolute Gasteiger partial charge is 0.492 e. The fourth-order valence-electron chi connectivity index (χ4n) is 3.38. The molecule has 0 saturated carbocycles. The minimum Gasteiger partial charge on any atom is -0.492 e. The topological polar surface area (TPSA) is 99.0 Å². The number of hydrogen-bond donors (Lipinski definition) is 0. The molecule has 0 spiro atoms. The number of amides is 2. The standard InChI is InChI=1S/C26H22N2O6S/c1-18-4-2-6-22(14-18)33-13-12-27-25(29)24(35-26(27)30)16-20-5-3-7-23(15-20)34-17-19-8-10-21(11-9-19)28(31)32/h2-11,14-16H,12-13,17H2,1H3/b24-16-. The van der Waals surface area contributed by atoms with E-state index >= 15 is 0 Å². The Kier molecular flexibility index (Phi) is 7.47. The Morgan fingerprint density at radius 2 is 1.69 bits per heavy atom. The number of non-ortho nitro benzene ring substituents is 1. The van der Waals surface area contributed by atoms with Gasteiger partial charge in [0.1, 0.15) is 24.7 Å². The van der Waals surface area contributed by atoms with Gasteiger partial charge >= 0.3 is 0 Å². The van der Waals surface area contributed by atoms with Crippen LogP contribution in [0.1, 0.15) is 16.7 Å². The van der Waals surface area contributed by atoms with Crippen molar-refractivity contribution in [3.8, 4) is 11.5 Å². The molecule has 3 aromatic carbocycles. The van der Waals surface area contributed by atoms with Crippen LogP contribution in [0.4, 0.5) is 10.5 Å². The number of carbonyl (C=O) groups is 2. The Morgan fingerprint density at radius 1 is 0.971 bits per heavy atom. The molecule has 1 fully saturated rings. The molecule has 0 aromatic heterocycles. The molecule has 8 nitrogen and oxygen atoms in total. The van der Waals surface area contributed by atoms with Gasteiger partial charge in [0.15, 0.2) is 0 Å². The van der Waals surface area contributed by atoms with Gasteiger partial charge < -0.3 is 9.47 Å². The zero-order valence-electron chi connectivity index (χ0n) is 18.9. The highest BCUT2D eigenvalue weighted by molar-refractivity contribution is 8.18. The van der Waals surface area contributed by atoms with Crippen LogP contribution >= 0.6 is 11.8 Å². The summed E-state index contributed by atoms with van der Waals surface area (Å²) in [6, 6.07) is 20.8. The lowest BCUT2D eigenvalue weighted by Crippen LogP contribution is -2.32. The SMILES string of the molecule is Cc1cccc(OCCN2C(=O)S/C(=C\c3cccc(OCc4ccc([N+](=O)[O-])cc4)c3)C2=O)c1. The zero-order valence-corrected chi connectivity index (χ0v) is 19.7. The Balaban J connectivity index is 1.35. The highest BCUT2D eigenvalue weighted by Gasteiger charge is 2.34. The van der Waals surface area contributed by atoms with Crippen LogP contribution in [0.15, 0.2) is 77.7 Å². The van der Waals surface area contributed by atoms with E-state index in [1.165, 1.54) is 17.0 Å². The van der Waals surface area contributed by atoms with Crippen LogP contribution in [0.5, 0.6) is 11.5 Å². The van der Waals surface area contributed by atoms with Gasteiger partial charge in [0.05, 0.1) is 16.4 Å². The fraction of sp³-hybridized carbons (Fsp3) is 0.154. The van der Waals surface area contributed by atoms with Crippen molar-refractivity contribution < 1.29 is 24.0 Å². The first-order valence-corrected chi connectivity index (χ1v) is 11.6. The Labute approximate surface area is 206 Å². The number of benzene rings is 3. The highest BCUT2D eigenvalue weighted by atomic mass is 32.2. The van der Waals surface area contributed by atoms with Gasteiger partial charge in [-0.3, -0.25) is 24.6 Å². The number of nitro benzene ring substituents is 1. The molecule has 0 N–H and O–H groups in total. The predicted molar refractivity (Wildman–Crippen MR) is 133 cm³/mol. The van der Waals surface area contributed by atoms with Gasteiger partial charge in [0.2, 0.25) is 0 Å². The van der Waals surface area contributed by atoms with Crippen molar-refractivity contribution in [1.29, 1.82) is 0 Å². The van der Waals surface area contributed by atoms with Crippen LogP contribution in [-0.2, 0) is 11.4 Å². The molecule has 178 valence electrons. The lowest BCUT2D eigenvalue weighted by molar-refractivity contribution is -0.384. The molecule has 0 aliphatic carbocycles. The van der Waals surface area contributed by atoms with Crippen molar-refractivity contribution in [2.75, 3.05) is 13.2 Å². The van der Waals surface area contributed by atoms with Crippen molar-refractivity contribution in [3.63, 3.8) is 0 Å². The minimum absolute atomic E-state index is 0.0198. The number of nitrogens with zero attached hydrogens (tertiary/aromatic N) is 2. The van der Waals surface area contributed by atoms with Crippen molar-refractivity contribution in [2.45, 2.75) is 13.5 Å². The summed E-state index contributed by atoms with van der Waals surface area (Å²) < 4.78 is 11.5. The summed E-state index contributed by atoms with van der Waals surface area (Å²) in [4.78, 5) is 37.0. The second kappa shape index (κ2) is 10.9. The predicted octanol–water partition coefficient (Wildman–Crippen LogP) is 5.60. The van der Waals surface area contributed by atoms with Gasteiger partial charge in [-0.2, -0.15) is 0 Å². The number of aryl methyl sites for hydroxylation is 1. The van der Waals surface area contributed by atoms with Gasteiger partial charge in [0.25, 0.3) is 16.8 Å². The van der Waals surface area contributed by atoms with Gasteiger partial charge in [-0.25, -0.2) is 0 Å². The average molecular weight is 491 g/mol. The van der Waals surface area contributed by atoms with Crippen molar-refractivity contribution in [3.05, 3.63) is 105 Å². The number of thioether (sulfide) groups is 1. The molecule has 0 atom stereocenters. The van der Waals surface area contributed by atoms with E-state index in [0.717, 1.165) is 22.9 Å². The third-order valence-electron chi connectivity index (χ3n) is 5.16. The summed E-state index contributed by atoms with van der Waals surface area (Å²) >= 11 is 0.892. The maximum atomic E-state index is 12.8. The normalized spacial score (nSPS) is 14.4. The van der Waals surface area contributed by atoms with E-state index < -0.39 is 4.92 Å². The number of carbonyl (C=O) groups excluding carboxylic acids is 2. The maximum absolute atomic E-state index is 12.8. The van der Waals surface area contributed by atoms with Crippen LogP contribution in [-0.4, -0.2) is 34.1 Å². The summed E-state index contributed by atoms with van der Waals surface area (Å²) in [6.45, 7) is 2.57. The lowest BCUT2D eigenvalue weighted by Gasteiger charge is -2.13. The third kappa shape index (κ3) is 6.27. The molecule has 1 aliphatic heterocycles. The second-order valence-corrected chi connectivity index (χ2v) is 8.78. The van der Waals surface area contributed by atoms with E-state index in [1.807, 2.05) is 37.3 Å². The molecule has 0 bridgehead atoms. The molecule has 0 radical (unpaired) electrons.